The maximum Gasteiger partial charge on any atom is 0.419 e. The fraction of sp³-hybridized carbons (Fsp3) is 0.222. The van der Waals surface area contributed by atoms with Gasteiger partial charge in [-0.2, -0.15) is 18.3 Å². The summed E-state index contributed by atoms with van der Waals surface area (Å²) in [5.74, 6) is 0. The van der Waals surface area contributed by atoms with Gasteiger partial charge in [0.25, 0.3) is 0 Å². The zero-order valence-electron chi connectivity index (χ0n) is 7.83. The first-order chi connectivity index (χ1) is 7.45. The molecule has 0 aliphatic carbocycles. The van der Waals surface area contributed by atoms with Crippen LogP contribution in [0.25, 0.3) is 0 Å². The van der Waals surface area contributed by atoms with Crippen molar-refractivity contribution in [1.29, 1.82) is 0 Å². The number of rotatable bonds is 2. The zero-order valence-corrected chi connectivity index (χ0v) is 10.2. The minimum absolute atomic E-state index is 0.354. The first-order valence-electron chi connectivity index (χ1n) is 4.29. The van der Waals surface area contributed by atoms with Crippen LogP contribution in [0.15, 0.2) is 28.3 Å². The number of aromatic nitrogens is 2. The maximum absolute atomic E-state index is 12.3. The Morgan fingerprint density at radius 1 is 1.38 bits per heavy atom. The molecule has 0 bridgehead atoms. The van der Waals surface area contributed by atoms with Crippen LogP contribution in [0.4, 0.5) is 13.2 Å². The van der Waals surface area contributed by atoms with Gasteiger partial charge in [0.15, 0.2) is 0 Å². The Bertz CT molecular complexity index is 489. The molecule has 2 aromatic rings. The molecule has 2 rings (SSSR count). The lowest BCUT2D eigenvalue weighted by atomic mass is 10.3. The molecule has 0 saturated carbocycles. The SMILES string of the molecule is FC(F)(F)c1cnn(Cc2ccc(Br)s2)c1. The summed E-state index contributed by atoms with van der Waals surface area (Å²) >= 11 is 4.77. The van der Waals surface area contributed by atoms with Crippen molar-refractivity contribution in [3.63, 3.8) is 0 Å². The van der Waals surface area contributed by atoms with Crippen LogP contribution >= 0.6 is 27.3 Å². The summed E-state index contributed by atoms with van der Waals surface area (Å²) in [6.07, 6.45) is -2.48. The van der Waals surface area contributed by atoms with E-state index in [-0.39, 0.29) is 0 Å². The van der Waals surface area contributed by atoms with Gasteiger partial charge in [0.2, 0.25) is 0 Å². The monoisotopic (exact) mass is 310 g/mol. The molecule has 2 aromatic heterocycles. The van der Waals surface area contributed by atoms with Gasteiger partial charge in [-0.25, -0.2) is 0 Å². The first kappa shape index (κ1) is 11.7. The van der Waals surface area contributed by atoms with Gasteiger partial charge < -0.3 is 0 Å². The minimum atomic E-state index is -4.33. The molecular weight excluding hydrogens is 305 g/mol. The van der Waals surface area contributed by atoms with Crippen molar-refractivity contribution >= 4 is 27.3 Å². The molecule has 0 fully saturated rings. The Hall–Kier alpha value is -0.820. The van der Waals surface area contributed by atoms with Crippen LogP contribution in [-0.2, 0) is 12.7 Å². The Kier molecular flexibility index (Phi) is 3.07. The largest absolute Gasteiger partial charge is 0.419 e. The van der Waals surface area contributed by atoms with Gasteiger partial charge in [-0.3, -0.25) is 4.68 Å². The van der Waals surface area contributed by atoms with Crippen molar-refractivity contribution in [2.75, 3.05) is 0 Å². The molecule has 0 atom stereocenters. The Morgan fingerprint density at radius 3 is 2.62 bits per heavy atom. The van der Waals surface area contributed by atoms with E-state index in [1.165, 1.54) is 16.0 Å². The van der Waals surface area contributed by atoms with E-state index in [1.54, 1.807) is 0 Å². The van der Waals surface area contributed by atoms with E-state index in [0.29, 0.717) is 6.54 Å². The lowest BCUT2D eigenvalue weighted by molar-refractivity contribution is -0.137. The van der Waals surface area contributed by atoms with Gasteiger partial charge in [0, 0.05) is 11.1 Å². The van der Waals surface area contributed by atoms with Crippen LogP contribution in [0.5, 0.6) is 0 Å². The molecule has 7 heteroatoms. The lowest BCUT2D eigenvalue weighted by Crippen LogP contribution is -2.03. The molecule has 0 amide bonds. The normalized spacial score (nSPS) is 12.0. The molecular formula is C9H6BrF3N2S. The second-order valence-electron chi connectivity index (χ2n) is 3.13. The van der Waals surface area contributed by atoms with E-state index >= 15 is 0 Å². The molecule has 0 spiro atoms. The summed E-state index contributed by atoms with van der Waals surface area (Å²) in [5.41, 5.74) is -0.719. The molecule has 16 heavy (non-hydrogen) atoms. The maximum atomic E-state index is 12.3. The van der Waals surface area contributed by atoms with E-state index in [0.717, 1.165) is 21.1 Å². The topological polar surface area (TPSA) is 17.8 Å². The number of hydrogen-bond donors (Lipinski definition) is 0. The molecule has 0 aliphatic heterocycles. The van der Waals surface area contributed by atoms with E-state index in [2.05, 4.69) is 21.0 Å². The standard InChI is InChI=1S/C9H6BrF3N2S/c10-8-2-1-7(16-8)5-15-4-6(3-14-15)9(11,12)13/h1-4H,5H2. The predicted octanol–water partition coefficient (Wildman–Crippen LogP) is 3.77. The summed E-state index contributed by atoms with van der Waals surface area (Å²) in [6.45, 7) is 0.354. The highest BCUT2D eigenvalue weighted by atomic mass is 79.9. The van der Waals surface area contributed by atoms with Crippen molar-refractivity contribution in [2.24, 2.45) is 0 Å². The average Bonchev–Trinajstić information content (AvgIpc) is 2.74. The van der Waals surface area contributed by atoms with E-state index in [9.17, 15) is 13.2 Å². The van der Waals surface area contributed by atoms with Crippen molar-refractivity contribution in [1.82, 2.24) is 9.78 Å². The number of alkyl halides is 3. The highest BCUT2D eigenvalue weighted by Crippen LogP contribution is 2.29. The van der Waals surface area contributed by atoms with Gasteiger partial charge in [-0.05, 0) is 28.1 Å². The van der Waals surface area contributed by atoms with Crippen LogP contribution in [0.1, 0.15) is 10.4 Å². The van der Waals surface area contributed by atoms with Crippen molar-refractivity contribution in [2.45, 2.75) is 12.7 Å². The average molecular weight is 311 g/mol. The Balaban J connectivity index is 2.14. The Morgan fingerprint density at radius 2 is 2.12 bits per heavy atom. The second-order valence-corrected chi connectivity index (χ2v) is 5.68. The Labute approximate surface area is 102 Å². The third kappa shape index (κ3) is 2.65. The quantitative estimate of drug-likeness (QED) is 0.825. The van der Waals surface area contributed by atoms with Crippen LogP contribution in [0.2, 0.25) is 0 Å². The lowest BCUT2D eigenvalue weighted by Gasteiger charge is -2.01. The third-order valence-electron chi connectivity index (χ3n) is 1.91. The van der Waals surface area contributed by atoms with Crippen LogP contribution in [0.3, 0.4) is 0 Å². The van der Waals surface area contributed by atoms with Crippen molar-refractivity contribution in [3.05, 3.63) is 38.8 Å². The fourth-order valence-electron chi connectivity index (χ4n) is 1.19. The van der Waals surface area contributed by atoms with Gasteiger partial charge in [-0.1, -0.05) is 0 Å². The number of halogens is 4. The van der Waals surface area contributed by atoms with Gasteiger partial charge in [0.1, 0.15) is 0 Å². The summed E-state index contributed by atoms with van der Waals surface area (Å²) in [6, 6.07) is 3.71. The minimum Gasteiger partial charge on any atom is -0.267 e. The molecule has 2 nitrogen and oxygen atoms in total. The van der Waals surface area contributed by atoms with Gasteiger partial charge in [0.05, 0.1) is 22.1 Å². The molecule has 0 aromatic carbocycles. The highest BCUT2D eigenvalue weighted by Gasteiger charge is 2.32. The van der Waals surface area contributed by atoms with Crippen molar-refractivity contribution < 1.29 is 13.2 Å². The molecule has 2 heterocycles. The number of nitrogens with zero attached hydrogens (tertiary/aromatic N) is 2. The summed E-state index contributed by atoms with van der Waals surface area (Å²) in [7, 11) is 0. The van der Waals surface area contributed by atoms with Crippen molar-refractivity contribution in [3.8, 4) is 0 Å². The van der Waals surface area contributed by atoms with Gasteiger partial charge in [-0.15, -0.1) is 11.3 Å². The summed E-state index contributed by atoms with van der Waals surface area (Å²) < 4.78 is 39.1. The molecule has 0 N–H and O–H groups in total. The fourth-order valence-corrected chi connectivity index (χ4v) is 2.67. The van der Waals surface area contributed by atoms with Crippen LogP contribution in [-0.4, -0.2) is 9.78 Å². The zero-order chi connectivity index (χ0) is 11.8. The molecule has 0 saturated heterocycles. The molecule has 0 unspecified atom stereocenters. The van der Waals surface area contributed by atoms with Crippen LogP contribution in [0, 0.1) is 0 Å². The van der Waals surface area contributed by atoms with E-state index in [4.69, 9.17) is 0 Å². The molecule has 0 aliphatic rings. The molecule has 0 radical (unpaired) electrons. The van der Waals surface area contributed by atoms with Crippen LogP contribution < -0.4 is 0 Å². The first-order valence-corrected chi connectivity index (χ1v) is 5.90. The number of thiophene rings is 1. The number of hydrogen-bond acceptors (Lipinski definition) is 2. The molecule has 86 valence electrons. The smallest absolute Gasteiger partial charge is 0.267 e. The van der Waals surface area contributed by atoms with E-state index in [1.807, 2.05) is 12.1 Å². The highest BCUT2D eigenvalue weighted by molar-refractivity contribution is 9.11. The summed E-state index contributed by atoms with van der Waals surface area (Å²) in [4.78, 5) is 0.948. The summed E-state index contributed by atoms with van der Waals surface area (Å²) in [5, 5.41) is 3.68. The van der Waals surface area contributed by atoms with E-state index < -0.39 is 11.7 Å². The van der Waals surface area contributed by atoms with Gasteiger partial charge >= 0.3 is 6.18 Å². The third-order valence-corrected chi connectivity index (χ3v) is 3.52. The predicted molar refractivity (Wildman–Crippen MR) is 58.4 cm³/mol. The second kappa shape index (κ2) is 4.21.